The molecule has 1 aromatic heterocycles. The normalized spacial score (nSPS) is 26.2. The second-order valence-corrected chi connectivity index (χ2v) is 5.62. The van der Waals surface area contributed by atoms with Gasteiger partial charge in [0.05, 0.1) is 11.9 Å². The van der Waals surface area contributed by atoms with Crippen molar-refractivity contribution in [3.05, 3.63) is 24.5 Å². The summed E-state index contributed by atoms with van der Waals surface area (Å²) in [6.07, 6.45) is 11.0. The second-order valence-electron chi connectivity index (χ2n) is 5.62. The van der Waals surface area contributed by atoms with Gasteiger partial charge in [-0.3, -0.25) is 4.98 Å². The van der Waals surface area contributed by atoms with Crippen LogP contribution in [0.5, 0.6) is 0 Å². The van der Waals surface area contributed by atoms with Gasteiger partial charge in [-0.25, -0.2) is 0 Å². The van der Waals surface area contributed by atoms with Gasteiger partial charge in [-0.05, 0) is 30.9 Å². The fourth-order valence-corrected chi connectivity index (χ4v) is 3.41. The minimum Gasteiger partial charge on any atom is -0.367 e. The Morgan fingerprint density at radius 1 is 1.22 bits per heavy atom. The third-order valence-corrected chi connectivity index (χ3v) is 4.44. The van der Waals surface area contributed by atoms with Crippen LogP contribution in [0.15, 0.2) is 24.5 Å². The lowest BCUT2D eigenvalue weighted by Gasteiger charge is -2.40. The lowest BCUT2D eigenvalue weighted by Crippen LogP contribution is -2.54. The highest BCUT2D eigenvalue weighted by Gasteiger charge is 2.27. The molecule has 1 aromatic rings. The van der Waals surface area contributed by atoms with Crippen molar-refractivity contribution in [2.75, 3.05) is 24.5 Å². The third kappa shape index (κ3) is 2.66. The molecule has 0 aromatic carbocycles. The molecule has 1 aliphatic carbocycles. The van der Waals surface area contributed by atoms with Crippen LogP contribution in [0.25, 0.3) is 0 Å². The summed E-state index contributed by atoms with van der Waals surface area (Å²) in [6.45, 7) is 3.36. The van der Waals surface area contributed by atoms with E-state index in [1.54, 1.807) is 0 Å². The van der Waals surface area contributed by atoms with Crippen molar-refractivity contribution < 1.29 is 0 Å². The van der Waals surface area contributed by atoms with Crippen LogP contribution in [0.2, 0.25) is 0 Å². The number of rotatable bonds is 2. The van der Waals surface area contributed by atoms with Crippen LogP contribution < -0.4 is 10.2 Å². The highest BCUT2D eigenvalue weighted by molar-refractivity contribution is 5.44. The number of pyridine rings is 1. The summed E-state index contributed by atoms with van der Waals surface area (Å²) in [4.78, 5) is 6.72. The highest BCUT2D eigenvalue weighted by Crippen LogP contribution is 2.28. The molecule has 3 heteroatoms. The van der Waals surface area contributed by atoms with Gasteiger partial charge in [-0.1, -0.05) is 19.3 Å². The zero-order chi connectivity index (χ0) is 12.2. The monoisotopic (exact) mass is 245 g/mol. The van der Waals surface area contributed by atoms with E-state index in [1.807, 2.05) is 18.5 Å². The van der Waals surface area contributed by atoms with Gasteiger partial charge in [-0.2, -0.15) is 0 Å². The molecule has 1 saturated carbocycles. The maximum Gasteiger partial charge on any atom is 0.0553 e. The fourth-order valence-electron chi connectivity index (χ4n) is 3.41. The molecular formula is C15H23N3. The van der Waals surface area contributed by atoms with E-state index < -0.39 is 0 Å². The molecule has 1 saturated heterocycles. The van der Waals surface area contributed by atoms with E-state index in [0.29, 0.717) is 6.04 Å². The Morgan fingerprint density at radius 2 is 2.11 bits per heavy atom. The summed E-state index contributed by atoms with van der Waals surface area (Å²) in [5.41, 5.74) is 1.28. The zero-order valence-corrected chi connectivity index (χ0v) is 11.0. The van der Waals surface area contributed by atoms with Crippen molar-refractivity contribution in [3.8, 4) is 0 Å². The van der Waals surface area contributed by atoms with Gasteiger partial charge in [0.15, 0.2) is 0 Å². The van der Waals surface area contributed by atoms with Crippen LogP contribution in [-0.2, 0) is 0 Å². The summed E-state index contributed by atoms with van der Waals surface area (Å²) < 4.78 is 0. The number of anilines is 1. The van der Waals surface area contributed by atoms with Gasteiger partial charge in [0, 0.05) is 31.9 Å². The molecule has 98 valence electrons. The minimum atomic E-state index is 0.680. The van der Waals surface area contributed by atoms with Crippen LogP contribution in [0.4, 0.5) is 5.69 Å². The predicted molar refractivity (Wildman–Crippen MR) is 74.8 cm³/mol. The van der Waals surface area contributed by atoms with Crippen LogP contribution in [0.1, 0.15) is 32.1 Å². The molecule has 2 fully saturated rings. The van der Waals surface area contributed by atoms with E-state index in [-0.39, 0.29) is 0 Å². The Kier molecular flexibility index (Phi) is 3.79. The number of hydrogen-bond donors (Lipinski definition) is 1. The number of nitrogens with one attached hydrogen (secondary N) is 1. The number of piperazine rings is 1. The summed E-state index contributed by atoms with van der Waals surface area (Å²) >= 11 is 0. The molecule has 1 N–H and O–H groups in total. The van der Waals surface area contributed by atoms with Crippen molar-refractivity contribution in [1.82, 2.24) is 10.3 Å². The first-order valence-electron chi connectivity index (χ1n) is 7.32. The molecule has 1 aliphatic heterocycles. The number of nitrogens with zero attached hydrogens (tertiary/aromatic N) is 2. The summed E-state index contributed by atoms with van der Waals surface area (Å²) in [5, 5.41) is 3.73. The molecule has 0 spiro atoms. The largest absolute Gasteiger partial charge is 0.367 e. The molecule has 1 atom stereocenters. The first-order chi connectivity index (χ1) is 8.93. The standard InChI is InChI=1S/C15H23N3/c1-2-5-13(6-3-1)15-12-18(10-9-17-15)14-7-4-8-16-11-14/h4,7-8,11,13,15,17H,1-3,5-6,9-10,12H2. The maximum atomic E-state index is 4.24. The Balaban J connectivity index is 1.64. The summed E-state index contributed by atoms with van der Waals surface area (Å²) in [7, 11) is 0. The Labute approximate surface area is 110 Å². The quantitative estimate of drug-likeness (QED) is 0.867. The van der Waals surface area contributed by atoms with Crippen molar-refractivity contribution in [3.63, 3.8) is 0 Å². The van der Waals surface area contributed by atoms with E-state index >= 15 is 0 Å². The van der Waals surface area contributed by atoms with Gasteiger partial charge in [0.2, 0.25) is 0 Å². The van der Waals surface area contributed by atoms with Crippen LogP contribution in [0, 0.1) is 5.92 Å². The second kappa shape index (κ2) is 5.70. The van der Waals surface area contributed by atoms with Gasteiger partial charge in [0.25, 0.3) is 0 Å². The average Bonchev–Trinajstić information content (AvgIpc) is 2.49. The molecule has 0 amide bonds. The SMILES string of the molecule is c1cncc(N2CCNC(C3CCCCC3)C2)c1. The van der Waals surface area contributed by atoms with E-state index in [2.05, 4.69) is 21.3 Å². The maximum absolute atomic E-state index is 4.24. The lowest BCUT2D eigenvalue weighted by molar-refractivity contribution is 0.257. The third-order valence-electron chi connectivity index (χ3n) is 4.44. The molecule has 18 heavy (non-hydrogen) atoms. The van der Waals surface area contributed by atoms with Crippen molar-refractivity contribution in [2.24, 2.45) is 5.92 Å². The molecule has 1 unspecified atom stereocenters. The van der Waals surface area contributed by atoms with Crippen molar-refractivity contribution >= 4 is 5.69 Å². The molecular weight excluding hydrogens is 222 g/mol. The molecule has 0 radical (unpaired) electrons. The van der Waals surface area contributed by atoms with Gasteiger partial charge in [-0.15, -0.1) is 0 Å². The smallest absolute Gasteiger partial charge is 0.0553 e. The topological polar surface area (TPSA) is 28.2 Å². The first-order valence-corrected chi connectivity index (χ1v) is 7.32. The number of hydrogen-bond acceptors (Lipinski definition) is 3. The van der Waals surface area contributed by atoms with Crippen LogP contribution in [-0.4, -0.2) is 30.7 Å². The zero-order valence-electron chi connectivity index (χ0n) is 11.0. The molecule has 3 rings (SSSR count). The number of aromatic nitrogens is 1. The van der Waals surface area contributed by atoms with Gasteiger partial charge >= 0.3 is 0 Å². The molecule has 0 bridgehead atoms. The van der Waals surface area contributed by atoms with Gasteiger partial charge < -0.3 is 10.2 Å². The molecule has 2 heterocycles. The lowest BCUT2D eigenvalue weighted by atomic mass is 9.83. The van der Waals surface area contributed by atoms with Crippen LogP contribution >= 0.6 is 0 Å². The molecule has 2 aliphatic rings. The Hall–Kier alpha value is -1.09. The van der Waals surface area contributed by atoms with E-state index in [4.69, 9.17) is 0 Å². The first kappa shape index (κ1) is 12.0. The van der Waals surface area contributed by atoms with Gasteiger partial charge in [0.1, 0.15) is 0 Å². The highest BCUT2D eigenvalue weighted by atomic mass is 15.2. The fraction of sp³-hybridized carbons (Fsp3) is 0.667. The van der Waals surface area contributed by atoms with Crippen molar-refractivity contribution in [1.29, 1.82) is 0 Å². The van der Waals surface area contributed by atoms with Crippen LogP contribution in [0.3, 0.4) is 0 Å². The predicted octanol–water partition coefficient (Wildman–Crippen LogP) is 2.44. The summed E-state index contributed by atoms with van der Waals surface area (Å²) in [5.74, 6) is 0.887. The van der Waals surface area contributed by atoms with Crippen molar-refractivity contribution in [2.45, 2.75) is 38.1 Å². The average molecular weight is 245 g/mol. The Bertz CT molecular complexity index is 359. The molecule has 3 nitrogen and oxygen atoms in total. The Morgan fingerprint density at radius 3 is 2.89 bits per heavy atom. The van der Waals surface area contributed by atoms with E-state index in [9.17, 15) is 0 Å². The van der Waals surface area contributed by atoms with E-state index in [1.165, 1.54) is 37.8 Å². The summed E-state index contributed by atoms with van der Waals surface area (Å²) in [6, 6.07) is 4.89. The van der Waals surface area contributed by atoms with E-state index in [0.717, 1.165) is 25.6 Å². The minimum absolute atomic E-state index is 0.680.